The molecule has 3 heterocycles. The van der Waals surface area contributed by atoms with Crippen LogP contribution in [0.5, 0.6) is 0 Å². The average molecular weight is 434 g/mol. The van der Waals surface area contributed by atoms with Gasteiger partial charge in [-0.1, -0.05) is 6.07 Å². The molecule has 0 radical (unpaired) electrons. The lowest BCUT2D eigenvalue weighted by Gasteiger charge is -2.10. The smallest absolute Gasteiger partial charge is 0.229 e. The van der Waals surface area contributed by atoms with Gasteiger partial charge >= 0.3 is 0 Å². The van der Waals surface area contributed by atoms with Gasteiger partial charge in [0.05, 0.1) is 22.3 Å². The summed E-state index contributed by atoms with van der Waals surface area (Å²) < 4.78 is 0.762. The van der Waals surface area contributed by atoms with Crippen molar-refractivity contribution in [3.63, 3.8) is 0 Å². The number of halogens is 1. The van der Waals surface area contributed by atoms with E-state index in [1.165, 1.54) is 0 Å². The number of nitriles is 1. The highest BCUT2D eigenvalue weighted by Gasteiger charge is 2.10. The molecule has 0 saturated heterocycles. The van der Waals surface area contributed by atoms with Crippen molar-refractivity contribution in [3.8, 4) is 6.07 Å². The predicted molar refractivity (Wildman–Crippen MR) is 112 cm³/mol. The fourth-order valence-corrected chi connectivity index (χ4v) is 3.24. The third-order valence-electron chi connectivity index (χ3n) is 4.26. The molecule has 0 aliphatic carbocycles. The number of hydrogen-bond donors (Lipinski definition) is 3. The van der Waals surface area contributed by atoms with Crippen LogP contribution in [0.4, 0.5) is 17.5 Å². The Morgan fingerprint density at radius 1 is 1.21 bits per heavy atom. The van der Waals surface area contributed by atoms with Crippen molar-refractivity contribution in [1.29, 1.82) is 5.26 Å². The number of aromatic amines is 1. The van der Waals surface area contributed by atoms with Crippen LogP contribution in [-0.4, -0.2) is 19.9 Å². The van der Waals surface area contributed by atoms with Gasteiger partial charge < -0.3 is 15.6 Å². The summed E-state index contributed by atoms with van der Waals surface area (Å²) in [6.45, 7) is 2.44. The van der Waals surface area contributed by atoms with Crippen molar-refractivity contribution >= 4 is 44.3 Å². The summed E-state index contributed by atoms with van der Waals surface area (Å²) in [6, 6.07) is 13.8. The summed E-state index contributed by atoms with van der Waals surface area (Å²) in [6.07, 6.45) is 3.45. The molecular weight excluding hydrogens is 418 g/mol. The molecule has 1 aromatic carbocycles. The SMILES string of the molecule is Cc1[nH]c2ccc(Nc3ncc(Br)c(NCc4ccccn4)n3)cc2c1C#N. The highest BCUT2D eigenvalue weighted by atomic mass is 79.9. The number of rotatable bonds is 5. The number of H-pyrrole nitrogens is 1. The Balaban J connectivity index is 1.56. The van der Waals surface area contributed by atoms with Crippen LogP contribution in [-0.2, 0) is 6.54 Å². The maximum Gasteiger partial charge on any atom is 0.229 e. The van der Waals surface area contributed by atoms with E-state index in [1.54, 1.807) is 12.4 Å². The van der Waals surface area contributed by atoms with E-state index in [-0.39, 0.29) is 0 Å². The van der Waals surface area contributed by atoms with Gasteiger partial charge in [-0.2, -0.15) is 10.2 Å². The van der Waals surface area contributed by atoms with Gasteiger partial charge in [0.1, 0.15) is 11.9 Å². The van der Waals surface area contributed by atoms with Crippen LogP contribution in [0, 0.1) is 18.3 Å². The molecule has 138 valence electrons. The molecule has 0 fully saturated rings. The highest BCUT2D eigenvalue weighted by molar-refractivity contribution is 9.10. The standard InChI is InChI=1S/C20H16BrN7/c1-12-16(9-22)15-8-13(5-6-18(15)26-12)27-20-25-11-17(21)19(28-20)24-10-14-4-2-3-7-23-14/h2-8,11,26H,10H2,1H3,(H2,24,25,27,28). The van der Waals surface area contributed by atoms with Gasteiger partial charge in [-0.15, -0.1) is 0 Å². The van der Waals surface area contributed by atoms with E-state index in [9.17, 15) is 5.26 Å². The topological polar surface area (TPSA) is 102 Å². The van der Waals surface area contributed by atoms with Gasteiger partial charge in [0, 0.05) is 34.7 Å². The van der Waals surface area contributed by atoms with E-state index in [1.807, 2.05) is 43.3 Å². The van der Waals surface area contributed by atoms with Crippen LogP contribution < -0.4 is 10.6 Å². The lowest BCUT2D eigenvalue weighted by Crippen LogP contribution is -2.06. The summed E-state index contributed by atoms with van der Waals surface area (Å²) in [5.74, 6) is 1.12. The number of nitrogens with one attached hydrogen (secondary N) is 3. The molecule has 0 aliphatic heterocycles. The molecule has 0 saturated carbocycles. The third kappa shape index (κ3) is 3.66. The number of aryl methyl sites for hydroxylation is 1. The lowest BCUT2D eigenvalue weighted by atomic mass is 10.1. The fourth-order valence-electron chi connectivity index (χ4n) is 2.91. The Kier molecular flexibility index (Phi) is 4.91. The quantitative estimate of drug-likeness (QED) is 0.423. The van der Waals surface area contributed by atoms with Gasteiger partial charge in [-0.25, -0.2) is 4.98 Å². The number of nitrogens with zero attached hydrogens (tertiary/aromatic N) is 4. The summed E-state index contributed by atoms with van der Waals surface area (Å²) >= 11 is 3.47. The minimum Gasteiger partial charge on any atom is -0.363 e. The zero-order chi connectivity index (χ0) is 19.5. The van der Waals surface area contributed by atoms with E-state index < -0.39 is 0 Å². The number of benzene rings is 1. The van der Waals surface area contributed by atoms with Gasteiger partial charge in [-0.05, 0) is 53.2 Å². The maximum atomic E-state index is 9.37. The van der Waals surface area contributed by atoms with Crippen LogP contribution in [0.25, 0.3) is 10.9 Å². The van der Waals surface area contributed by atoms with Crippen LogP contribution in [0.1, 0.15) is 17.0 Å². The summed E-state index contributed by atoms with van der Waals surface area (Å²) in [4.78, 5) is 16.4. The molecule has 0 amide bonds. The Morgan fingerprint density at radius 3 is 2.89 bits per heavy atom. The molecule has 28 heavy (non-hydrogen) atoms. The minimum atomic E-state index is 0.455. The third-order valence-corrected chi connectivity index (χ3v) is 4.84. The van der Waals surface area contributed by atoms with E-state index in [2.05, 4.69) is 52.6 Å². The number of hydrogen-bond acceptors (Lipinski definition) is 6. The summed E-state index contributed by atoms with van der Waals surface area (Å²) in [5, 5.41) is 16.7. The van der Waals surface area contributed by atoms with Crippen molar-refractivity contribution in [2.75, 3.05) is 10.6 Å². The molecule has 8 heteroatoms. The van der Waals surface area contributed by atoms with Gasteiger partial charge in [0.15, 0.2) is 0 Å². The molecule has 3 N–H and O–H groups in total. The highest BCUT2D eigenvalue weighted by Crippen LogP contribution is 2.27. The lowest BCUT2D eigenvalue weighted by molar-refractivity contribution is 1.02. The fraction of sp³-hybridized carbons (Fsp3) is 0.100. The number of anilines is 3. The molecule has 0 atom stereocenters. The van der Waals surface area contributed by atoms with Gasteiger partial charge in [-0.3, -0.25) is 4.98 Å². The second-order valence-electron chi connectivity index (χ2n) is 6.19. The number of pyridine rings is 1. The Labute approximate surface area is 170 Å². The monoisotopic (exact) mass is 433 g/mol. The first-order valence-corrected chi connectivity index (χ1v) is 9.39. The van der Waals surface area contributed by atoms with E-state index >= 15 is 0 Å². The van der Waals surface area contributed by atoms with E-state index in [4.69, 9.17) is 0 Å². The number of aromatic nitrogens is 4. The van der Waals surface area contributed by atoms with E-state index in [0.29, 0.717) is 23.9 Å². The Hall–Kier alpha value is -3.44. The first-order chi connectivity index (χ1) is 13.6. The van der Waals surface area contributed by atoms with Crippen LogP contribution in [0.3, 0.4) is 0 Å². The first-order valence-electron chi connectivity index (χ1n) is 8.60. The zero-order valence-electron chi connectivity index (χ0n) is 15.0. The minimum absolute atomic E-state index is 0.455. The van der Waals surface area contributed by atoms with Gasteiger partial charge in [0.25, 0.3) is 0 Å². The normalized spacial score (nSPS) is 10.6. The second-order valence-corrected chi connectivity index (χ2v) is 7.04. The van der Waals surface area contributed by atoms with Crippen molar-refractivity contribution in [3.05, 3.63) is 70.2 Å². The van der Waals surface area contributed by atoms with E-state index in [0.717, 1.165) is 32.5 Å². The average Bonchev–Trinajstić information content (AvgIpc) is 3.03. The Morgan fingerprint density at radius 2 is 2.11 bits per heavy atom. The van der Waals surface area contributed by atoms with Crippen molar-refractivity contribution < 1.29 is 0 Å². The molecule has 4 rings (SSSR count). The van der Waals surface area contributed by atoms with Crippen LogP contribution >= 0.6 is 15.9 Å². The van der Waals surface area contributed by atoms with Crippen molar-refractivity contribution in [2.24, 2.45) is 0 Å². The molecule has 7 nitrogen and oxygen atoms in total. The van der Waals surface area contributed by atoms with Crippen LogP contribution in [0.2, 0.25) is 0 Å². The molecule has 0 aliphatic rings. The molecular formula is C20H16BrN7. The summed E-state index contributed by atoms with van der Waals surface area (Å²) in [5.41, 5.74) is 4.15. The first kappa shape index (κ1) is 17.9. The molecule has 3 aromatic heterocycles. The molecule has 0 unspecified atom stereocenters. The molecule has 0 bridgehead atoms. The largest absolute Gasteiger partial charge is 0.363 e. The molecule has 0 spiro atoms. The second kappa shape index (κ2) is 7.66. The number of fused-ring (bicyclic) bond motifs is 1. The predicted octanol–water partition coefficient (Wildman–Crippen LogP) is 4.65. The maximum absolute atomic E-state index is 9.37. The molecule has 4 aromatic rings. The zero-order valence-corrected chi connectivity index (χ0v) is 16.6. The van der Waals surface area contributed by atoms with Gasteiger partial charge in [0.2, 0.25) is 5.95 Å². The Bertz CT molecular complexity index is 1180. The summed E-state index contributed by atoms with van der Waals surface area (Å²) in [7, 11) is 0. The van der Waals surface area contributed by atoms with Crippen LogP contribution in [0.15, 0.2) is 53.3 Å². The van der Waals surface area contributed by atoms with Crippen molar-refractivity contribution in [2.45, 2.75) is 13.5 Å². The van der Waals surface area contributed by atoms with Crippen molar-refractivity contribution in [1.82, 2.24) is 19.9 Å².